The van der Waals surface area contributed by atoms with Crippen LogP contribution < -0.4 is 19.2 Å². The van der Waals surface area contributed by atoms with E-state index in [0.29, 0.717) is 46.5 Å². The molecule has 0 aliphatic carbocycles. The summed E-state index contributed by atoms with van der Waals surface area (Å²) >= 11 is 4.79. The molecule has 0 atom stereocenters. The molecule has 0 aliphatic heterocycles. The highest BCUT2D eigenvalue weighted by Crippen LogP contribution is 2.38. The quantitative estimate of drug-likeness (QED) is 0.0934. The third-order valence-electron chi connectivity index (χ3n) is 6.98. The van der Waals surface area contributed by atoms with Crippen molar-refractivity contribution in [3.8, 4) is 17.2 Å². The van der Waals surface area contributed by atoms with Crippen molar-refractivity contribution in [2.75, 3.05) is 39.4 Å². The SMILES string of the molecule is CCCCN(CCCC)S(=O)(=O)c1ccc(C(=O)N(/N=C/c2cc(OC)c(OC)c(OC)c2)c2nc3ccc(Br)cc3s2)cc1. The Morgan fingerprint density at radius 1 is 0.933 bits per heavy atom. The van der Waals surface area contributed by atoms with E-state index in [4.69, 9.17) is 14.2 Å². The maximum atomic E-state index is 14.0. The number of nitrogens with zero attached hydrogens (tertiary/aromatic N) is 4. The number of halogens is 1. The number of fused-ring (bicyclic) bond motifs is 1. The number of anilines is 1. The zero-order valence-electron chi connectivity index (χ0n) is 25.9. The molecule has 240 valence electrons. The Hall–Kier alpha value is -3.52. The van der Waals surface area contributed by atoms with E-state index in [1.54, 1.807) is 12.1 Å². The molecule has 0 radical (unpaired) electrons. The number of hydrazone groups is 1. The minimum absolute atomic E-state index is 0.142. The van der Waals surface area contributed by atoms with E-state index < -0.39 is 15.9 Å². The molecule has 13 heteroatoms. The van der Waals surface area contributed by atoms with Gasteiger partial charge in [0.2, 0.25) is 20.9 Å². The molecule has 1 amide bonds. The lowest BCUT2D eigenvalue weighted by Crippen LogP contribution is -2.33. The molecule has 0 saturated heterocycles. The molecule has 0 aliphatic rings. The van der Waals surface area contributed by atoms with E-state index in [-0.39, 0.29) is 10.5 Å². The number of hydrogen-bond donors (Lipinski definition) is 0. The fourth-order valence-corrected chi connectivity index (χ4v) is 7.52. The number of thiazole rings is 1. The molecule has 0 N–H and O–H groups in total. The molecule has 0 saturated carbocycles. The van der Waals surface area contributed by atoms with Crippen molar-refractivity contribution in [1.29, 1.82) is 0 Å². The number of ether oxygens (including phenoxy) is 3. The van der Waals surface area contributed by atoms with Crippen LogP contribution in [0.1, 0.15) is 55.5 Å². The molecule has 0 spiro atoms. The smallest absolute Gasteiger partial charge is 0.280 e. The van der Waals surface area contributed by atoms with Crippen molar-refractivity contribution in [2.24, 2.45) is 5.10 Å². The van der Waals surface area contributed by atoms with Gasteiger partial charge in [0.15, 0.2) is 11.5 Å². The lowest BCUT2D eigenvalue weighted by molar-refractivity contribution is 0.0987. The zero-order valence-corrected chi connectivity index (χ0v) is 29.2. The third kappa shape index (κ3) is 8.01. The van der Waals surface area contributed by atoms with Crippen LogP contribution in [-0.4, -0.2) is 64.2 Å². The van der Waals surface area contributed by atoms with Gasteiger partial charge in [0.05, 0.1) is 42.7 Å². The molecule has 45 heavy (non-hydrogen) atoms. The molecule has 0 unspecified atom stereocenters. The molecule has 4 rings (SSSR count). The maximum Gasteiger partial charge on any atom is 0.280 e. The maximum absolute atomic E-state index is 14.0. The minimum Gasteiger partial charge on any atom is -0.493 e. The highest BCUT2D eigenvalue weighted by atomic mass is 79.9. The fraction of sp³-hybridized carbons (Fsp3) is 0.344. The number of hydrogen-bond acceptors (Lipinski definition) is 9. The lowest BCUT2D eigenvalue weighted by atomic mass is 10.2. The first-order valence-electron chi connectivity index (χ1n) is 14.5. The number of sulfonamides is 1. The van der Waals surface area contributed by atoms with Gasteiger partial charge in [-0.15, -0.1) is 0 Å². The second-order valence-electron chi connectivity index (χ2n) is 10.1. The Bertz CT molecular complexity index is 1730. The molecular weight excluding hydrogens is 680 g/mol. The van der Waals surface area contributed by atoms with Crippen LogP contribution in [0.3, 0.4) is 0 Å². The van der Waals surface area contributed by atoms with Crippen molar-refractivity contribution in [3.05, 3.63) is 70.2 Å². The molecule has 0 fully saturated rings. The molecular formula is C32H37BrN4O6S2. The largest absolute Gasteiger partial charge is 0.493 e. The number of carbonyl (C=O) groups excluding carboxylic acids is 1. The van der Waals surface area contributed by atoms with Gasteiger partial charge in [0, 0.05) is 28.7 Å². The van der Waals surface area contributed by atoms with E-state index in [0.717, 1.165) is 34.9 Å². The van der Waals surface area contributed by atoms with Crippen molar-refractivity contribution in [1.82, 2.24) is 9.29 Å². The van der Waals surface area contributed by atoms with Crippen LogP contribution in [0.15, 0.2) is 69.1 Å². The van der Waals surface area contributed by atoms with Crippen molar-refractivity contribution in [3.63, 3.8) is 0 Å². The van der Waals surface area contributed by atoms with Crippen LogP contribution >= 0.6 is 27.3 Å². The zero-order chi connectivity index (χ0) is 32.6. The van der Waals surface area contributed by atoms with E-state index in [1.165, 1.54) is 72.5 Å². The molecule has 1 aromatic heterocycles. The van der Waals surface area contributed by atoms with Crippen LogP contribution in [0.25, 0.3) is 10.2 Å². The monoisotopic (exact) mass is 716 g/mol. The first-order valence-corrected chi connectivity index (χ1v) is 17.6. The van der Waals surface area contributed by atoms with Gasteiger partial charge < -0.3 is 14.2 Å². The second-order valence-corrected chi connectivity index (χ2v) is 13.9. The Kier molecular flexibility index (Phi) is 12.0. The molecule has 4 aromatic rings. The summed E-state index contributed by atoms with van der Waals surface area (Å²) in [6.07, 6.45) is 4.83. The average molecular weight is 718 g/mol. The van der Waals surface area contributed by atoms with Gasteiger partial charge >= 0.3 is 0 Å². The van der Waals surface area contributed by atoms with Crippen LogP contribution in [0.4, 0.5) is 5.13 Å². The topological polar surface area (TPSA) is 111 Å². The van der Waals surface area contributed by atoms with Gasteiger partial charge in [-0.25, -0.2) is 13.4 Å². The third-order valence-corrected chi connectivity index (χ3v) is 10.4. The highest BCUT2D eigenvalue weighted by molar-refractivity contribution is 9.10. The van der Waals surface area contributed by atoms with Gasteiger partial charge in [-0.05, 0) is 67.4 Å². The highest BCUT2D eigenvalue weighted by Gasteiger charge is 2.26. The Labute approximate surface area is 276 Å². The number of methoxy groups -OCH3 is 3. The summed E-state index contributed by atoms with van der Waals surface area (Å²) in [5.74, 6) is 0.823. The van der Waals surface area contributed by atoms with Gasteiger partial charge in [0.25, 0.3) is 5.91 Å². The summed E-state index contributed by atoms with van der Waals surface area (Å²) in [6.45, 7) is 4.98. The predicted molar refractivity (Wildman–Crippen MR) is 183 cm³/mol. The first-order chi connectivity index (χ1) is 21.7. The average Bonchev–Trinajstić information content (AvgIpc) is 3.46. The van der Waals surface area contributed by atoms with E-state index >= 15 is 0 Å². The summed E-state index contributed by atoms with van der Waals surface area (Å²) in [7, 11) is 0.837. The predicted octanol–water partition coefficient (Wildman–Crippen LogP) is 7.36. The van der Waals surface area contributed by atoms with Gasteiger partial charge in [-0.3, -0.25) is 4.79 Å². The van der Waals surface area contributed by atoms with Gasteiger partial charge in [-0.1, -0.05) is 54.0 Å². The standard InChI is InChI=1S/C32H37BrN4O6S2/c1-6-8-16-36(17-9-7-2)45(39,40)25-13-10-23(11-14-25)31(38)37(32-35-26-15-12-24(33)20-29(26)44-32)34-21-22-18-27(41-3)30(43-5)28(19-22)42-4/h10-15,18-21H,6-9,16-17H2,1-5H3/b34-21+. The van der Waals surface area contributed by atoms with Crippen molar-refractivity contribution in [2.45, 2.75) is 44.4 Å². The summed E-state index contributed by atoms with van der Waals surface area (Å²) in [6, 6.07) is 15.1. The van der Waals surface area contributed by atoms with Crippen LogP contribution in [0.5, 0.6) is 17.2 Å². The summed E-state index contributed by atoms with van der Waals surface area (Å²) in [5.41, 5.74) is 1.55. The summed E-state index contributed by atoms with van der Waals surface area (Å²) in [5, 5.41) is 6.10. The van der Waals surface area contributed by atoms with Crippen LogP contribution in [0, 0.1) is 0 Å². The van der Waals surface area contributed by atoms with Gasteiger partial charge in [-0.2, -0.15) is 14.4 Å². The first kappa shape index (κ1) is 34.4. The second kappa shape index (κ2) is 15.7. The normalized spacial score (nSPS) is 11.8. The molecule has 3 aromatic carbocycles. The number of carbonyl (C=O) groups is 1. The Balaban J connectivity index is 1.72. The number of amides is 1. The number of aromatic nitrogens is 1. The number of rotatable bonds is 15. The fourth-order valence-electron chi connectivity index (χ4n) is 4.53. The van der Waals surface area contributed by atoms with Crippen LogP contribution in [-0.2, 0) is 10.0 Å². The molecule has 0 bridgehead atoms. The lowest BCUT2D eigenvalue weighted by Gasteiger charge is -2.22. The molecule has 1 heterocycles. The van der Waals surface area contributed by atoms with Crippen molar-refractivity contribution < 1.29 is 27.4 Å². The Morgan fingerprint density at radius 2 is 1.56 bits per heavy atom. The molecule has 10 nitrogen and oxygen atoms in total. The minimum atomic E-state index is -3.72. The van der Waals surface area contributed by atoms with E-state index in [2.05, 4.69) is 26.0 Å². The van der Waals surface area contributed by atoms with E-state index in [9.17, 15) is 13.2 Å². The van der Waals surface area contributed by atoms with Crippen molar-refractivity contribution >= 4 is 64.8 Å². The number of unbranched alkanes of at least 4 members (excludes halogenated alkanes) is 2. The van der Waals surface area contributed by atoms with E-state index in [1.807, 2.05) is 32.0 Å². The Morgan fingerprint density at radius 3 is 2.11 bits per heavy atom. The van der Waals surface area contributed by atoms with Crippen LogP contribution in [0.2, 0.25) is 0 Å². The number of benzene rings is 3. The summed E-state index contributed by atoms with van der Waals surface area (Å²) < 4.78 is 46.6. The van der Waals surface area contributed by atoms with Gasteiger partial charge in [0.1, 0.15) is 0 Å². The summed E-state index contributed by atoms with van der Waals surface area (Å²) in [4.78, 5) is 18.8.